The molecule has 0 aliphatic rings. The van der Waals surface area contributed by atoms with Crippen molar-refractivity contribution >= 4 is 5.97 Å². The van der Waals surface area contributed by atoms with Gasteiger partial charge in [-0.15, -0.1) is 0 Å². The van der Waals surface area contributed by atoms with Crippen LogP contribution in [0.4, 0.5) is 13.2 Å². The van der Waals surface area contributed by atoms with Crippen molar-refractivity contribution in [2.24, 2.45) is 0 Å². The molecular weight excluding hydrogens is 229 g/mol. The fourth-order valence-corrected chi connectivity index (χ4v) is 0.751. The maximum Gasteiger partial charge on any atom is 0.433 e. The maximum atomic E-state index is 12.2. The molecule has 0 atom stereocenters. The van der Waals surface area contributed by atoms with Gasteiger partial charge < -0.3 is 9.47 Å². The zero-order chi connectivity index (χ0) is 12.2. The van der Waals surface area contributed by atoms with E-state index in [1.165, 1.54) is 0 Å². The van der Waals surface area contributed by atoms with Gasteiger partial charge in [0.15, 0.2) is 12.3 Å². The number of rotatable bonds is 3. The minimum Gasteiger partial charge on any atom is -0.466 e. The number of halogens is 3. The third kappa shape index (κ3) is 3.37. The Bertz CT molecular complexity index is 381. The Morgan fingerprint density at radius 3 is 2.75 bits per heavy atom. The quantitative estimate of drug-likeness (QED) is 0.734. The lowest BCUT2D eigenvalue weighted by molar-refractivity contribution is -0.143. The fourth-order valence-electron chi connectivity index (χ4n) is 0.751. The normalized spacial score (nSPS) is 11.0. The van der Waals surface area contributed by atoms with Crippen molar-refractivity contribution in [3.05, 3.63) is 18.0 Å². The minimum atomic E-state index is -4.58. The average molecular weight is 236 g/mol. The van der Waals surface area contributed by atoms with Crippen LogP contribution in [0.2, 0.25) is 0 Å². The maximum absolute atomic E-state index is 12.2. The van der Waals surface area contributed by atoms with E-state index >= 15 is 0 Å². The summed E-state index contributed by atoms with van der Waals surface area (Å²) in [6.07, 6.45) is -3.69. The second-order valence-corrected chi connectivity index (χ2v) is 2.59. The number of ether oxygens (including phenoxy) is 2. The second-order valence-electron chi connectivity index (χ2n) is 2.59. The molecule has 0 aromatic carbocycles. The van der Waals surface area contributed by atoms with Crippen LogP contribution in [0.25, 0.3) is 0 Å². The van der Waals surface area contributed by atoms with Crippen LogP contribution >= 0.6 is 0 Å². The van der Waals surface area contributed by atoms with Gasteiger partial charge in [0.2, 0.25) is 0 Å². The minimum absolute atomic E-state index is 0.528. The standard InChI is InChI=1S/C8H7F3N2O3/c1-15-6(14)4-16-7-12-3-2-5(13-7)8(9,10)11/h2-3H,4H2,1H3. The summed E-state index contributed by atoms with van der Waals surface area (Å²) >= 11 is 0. The van der Waals surface area contributed by atoms with Gasteiger partial charge >= 0.3 is 18.2 Å². The van der Waals surface area contributed by atoms with Gasteiger partial charge in [0.1, 0.15) is 0 Å². The highest BCUT2D eigenvalue weighted by Gasteiger charge is 2.33. The summed E-state index contributed by atoms with van der Waals surface area (Å²) in [6, 6.07) is 0.172. The molecule has 0 radical (unpaired) electrons. The van der Waals surface area contributed by atoms with Gasteiger partial charge in [-0.1, -0.05) is 0 Å². The molecule has 5 nitrogen and oxygen atoms in total. The number of hydrogen-bond donors (Lipinski definition) is 0. The molecule has 0 saturated carbocycles. The van der Waals surface area contributed by atoms with Crippen LogP contribution in [-0.4, -0.2) is 29.7 Å². The first-order valence-corrected chi connectivity index (χ1v) is 4.03. The van der Waals surface area contributed by atoms with E-state index in [0.29, 0.717) is 6.07 Å². The summed E-state index contributed by atoms with van der Waals surface area (Å²) < 4.78 is 45.4. The van der Waals surface area contributed by atoms with Gasteiger partial charge in [0.05, 0.1) is 7.11 Å². The van der Waals surface area contributed by atoms with Crippen molar-refractivity contribution < 1.29 is 27.4 Å². The molecule has 0 saturated heterocycles. The summed E-state index contributed by atoms with van der Waals surface area (Å²) in [6.45, 7) is -0.544. The SMILES string of the molecule is COC(=O)COc1nccc(C(F)(F)F)n1. The van der Waals surface area contributed by atoms with E-state index in [4.69, 9.17) is 0 Å². The first-order valence-electron chi connectivity index (χ1n) is 4.03. The van der Waals surface area contributed by atoms with E-state index in [2.05, 4.69) is 19.4 Å². The second kappa shape index (κ2) is 4.77. The zero-order valence-corrected chi connectivity index (χ0v) is 8.11. The Morgan fingerprint density at radius 1 is 1.50 bits per heavy atom. The number of carbonyl (C=O) groups is 1. The molecule has 0 spiro atoms. The van der Waals surface area contributed by atoms with Crippen LogP contribution in [0.15, 0.2) is 12.3 Å². The smallest absolute Gasteiger partial charge is 0.433 e. The average Bonchev–Trinajstić information content (AvgIpc) is 2.25. The van der Waals surface area contributed by atoms with Gasteiger partial charge in [0.25, 0.3) is 0 Å². The Kier molecular flexibility index (Phi) is 3.64. The molecule has 1 aromatic rings. The molecule has 1 rings (SSSR count). The Morgan fingerprint density at radius 2 is 2.19 bits per heavy atom. The third-order valence-corrected chi connectivity index (χ3v) is 1.47. The van der Waals surface area contributed by atoms with Gasteiger partial charge in [-0.25, -0.2) is 9.78 Å². The Labute approximate surface area is 88.2 Å². The van der Waals surface area contributed by atoms with E-state index in [-0.39, 0.29) is 0 Å². The van der Waals surface area contributed by atoms with Crippen molar-refractivity contribution in [2.45, 2.75) is 6.18 Å². The van der Waals surface area contributed by atoms with Crippen molar-refractivity contribution in [1.82, 2.24) is 9.97 Å². The van der Waals surface area contributed by atoms with E-state index < -0.39 is 30.5 Å². The molecule has 0 unspecified atom stereocenters. The monoisotopic (exact) mass is 236 g/mol. The summed E-state index contributed by atoms with van der Waals surface area (Å²) in [7, 11) is 1.12. The van der Waals surface area contributed by atoms with Gasteiger partial charge in [-0.05, 0) is 6.07 Å². The molecule has 16 heavy (non-hydrogen) atoms. The highest BCUT2D eigenvalue weighted by Crippen LogP contribution is 2.27. The summed E-state index contributed by atoms with van der Waals surface area (Å²) in [4.78, 5) is 17.1. The van der Waals surface area contributed by atoms with E-state index in [0.717, 1.165) is 13.3 Å². The molecule has 8 heteroatoms. The summed E-state index contributed by atoms with van der Waals surface area (Å²) in [5.74, 6) is -0.735. The van der Waals surface area contributed by atoms with Crippen molar-refractivity contribution in [3.8, 4) is 6.01 Å². The summed E-state index contributed by atoms with van der Waals surface area (Å²) in [5.41, 5.74) is -1.14. The van der Waals surface area contributed by atoms with Crippen LogP contribution < -0.4 is 4.74 Å². The highest BCUT2D eigenvalue weighted by atomic mass is 19.4. The predicted molar refractivity (Wildman–Crippen MR) is 44.5 cm³/mol. The molecule has 0 fully saturated rings. The van der Waals surface area contributed by atoms with Crippen LogP contribution in [0.1, 0.15) is 5.69 Å². The lowest BCUT2D eigenvalue weighted by Crippen LogP contribution is -2.15. The molecule has 1 heterocycles. The largest absolute Gasteiger partial charge is 0.466 e. The van der Waals surface area contributed by atoms with Crippen LogP contribution in [-0.2, 0) is 15.7 Å². The number of carbonyl (C=O) groups excluding carboxylic acids is 1. The number of aromatic nitrogens is 2. The third-order valence-electron chi connectivity index (χ3n) is 1.47. The molecule has 0 aliphatic carbocycles. The van der Waals surface area contributed by atoms with Gasteiger partial charge in [-0.2, -0.15) is 18.2 Å². The van der Waals surface area contributed by atoms with Crippen LogP contribution in [0.5, 0.6) is 6.01 Å². The van der Waals surface area contributed by atoms with Gasteiger partial charge in [-0.3, -0.25) is 0 Å². The molecular formula is C8H7F3N2O3. The molecule has 0 aliphatic heterocycles. The molecule has 0 amide bonds. The zero-order valence-electron chi connectivity index (χ0n) is 8.11. The number of esters is 1. The first-order chi connectivity index (χ1) is 7.43. The Hall–Kier alpha value is -1.86. The summed E-state index contributed by atoms with van der Waals surface area (Å²) in [5, 5.41) is 0. The number of hydrogen-bond acceptors (Lipinski definition) is 5. The lowest BCUT2D eigenvalue weighted by Gasteiger charge is -2.07. The van der Waals surface area contributed by atoms with E-state index in [1.807, 2.05) is 0 Å². The lowest BCUT2D eigenvalue weighted by atomic mass is 10.4. The Balaban J connectivity index is 2.72. The van der Waals surface area contributed by atoms with Crippen molar-refractivity contribution in [1.29, 1.82) is 0 Å². The number of nitrogens with zero attached hydrogens (tertiary/aromatic N) is 2. The molecule has 88 valence electrons. The fraction of sp³-hybridized carbons (Fsp3) is 0.375. The van der Waals surface area contributed by atoms with Crippen molar-refractivity contribution in [2.75, 3.05) is 13.7 Å². The van der Waals surface area contributed by atoms with Crippen LogP contribution in [0.3, 0.4) is 0 Å². The van der Waals surface area contributed by atoms with Crippen LogP contribution in [0, 0.1) is 0 Å². The van der Waals surface area contributed by atoms with Crippen molar-refractivity contribution in [3.63, 3.8) is 0 Å². The number of methoxy groups -OCH3 is 1. The molecule has 0 bridgehead atoms. The highest BCUT2D eigenvalue weighted by molar-refractivity contribution is 5.70. The topological polar surface area (TPSA) is 61.3 Å². The van der Waals surface area contributed by atoms with E-state index in [1.54, 1.807) is 0 Å². The first kappa shape index (κ1) is 12.2. The molecule has 1 aromatic heterocycles. The molecule has 0 N–H and O–H groups in total. The van der Waals surface area contributed by atoms with E-state index in [9.17, 15) is 18.0 Å². The number of alkyl halides is 3. The predicted octanol–water partition coefficient (Wildman–Crippen LogP) is 1.05. The van der Waals surface area contributed by atoms with Gasteiger partial charge in [0, 0.05) is 6.20 Å².